The van der Waals surface area contributed by atoms with Crippen molar-refractivity contribution in [1.82, 2.24) is 19.8 Å². The Balaban J connectivity index is 0.000000218. The Morgan fingerprint density at radius 3 is 1.33 bits per heavy atom. The summed E-state index contributed by atoms with van der Waals surface area (Å²) in [7, 11) is 0. The molecule has 0 bridgehead atoms. The summed E-state index contributed by atoms with van der Waals surface area (Å²) in [6, 6.07) is 29.6. The fraction of sp³-hybridized carbons (Fsp3) is 0.407. The van der Waals surface area contributed by atoms with Gasteiger partial charge in [0.2, 0.25) is 11.8 Å². The molecule has 67 heavy (non-hydrogen) atoms. The van der Waals surface area contributed by atoms with Crippen molar-refractivity contribution in [2.45, 2.75) is 93.2 Å². The number of carbonyl (C=O) groups excluding carboxylic acids is 2. The first-order valence-corrected chi connectivity index (χ1v) is 22.9. The molecule has 0 amide bonds. The van der Waals surface area contributed by atoms with Crippen molar-refractivity contribution >= 4 is 49.7 Å². The minimum absolute atomic E-state index is 0. The number of aliphatic carboxylic acids is 2. The quantitative estimate of drug-likeness (QED) is 0.0990. The number of oxazole rings is 2. The third-order valence-corrected chi connectivity index (χ3v) is 11.7. The van der Waals surface area contributed by atoms with Crippen LogP contribution >= 0.6 is 0 Å². The Morgan fingerprint density at radius 2 is 0.985 bits per heavy atom. The molecule has 0 saturated heterocycles. The van der Waals surface area contributed by atoms with Crippen LogP contribution in [0.5, 0.6) is 11.5 Å². The van der Waals surface area contributed by atoms with Crippen LogP contribution in [0.2, 0.25) is 0 Å². The molecule has 0 aliphatic carbocycles. The van der Waals surface area contributed by atoms with Gasteiger partial charge in [0.15, 0.2) is 0 Å². The third kappa shape index (κ3) is 13.6. The molecule has 2 aromatic heterocycles. The van der Waals surface area contributed by atoms with Gasteiger partial charge in [0.25, 0.3) is 0 Å². The maximum atomic E-state index is 12.1. The Bertz CT molecular complexity index is 2420. The van der Waals surface area contributed by atoms with Gasteiger partial charge >= 0.3 is 37.7 Å². The molecule has 4 aromatic carbocycles. The van der Waals surface area contributed by atoms with Crippen molar-refractivity contribution in [1.29, 1.82) is 0 Å². The molecule has 0 spiro atoms. The molecule has 0 fully saturated rings. The largest absolute Gasteiger partial charge is 2.00 e. The number of fused-ring (bicyclic) bond motifs is 2. The van der Waals surface area contributed by atoms with Crippen molar-refractivity contribution in [3.63, 3.8) is 0 Å². The topological polar surface area (TPSA) is 157 Å². The number of carbonyl (C=O) groups is 2. The van der Waals surface area contributed by atoms with Crippen LogP contribution in [-0.4, -0.2) is 109 Å². The summed E-state index contributed by atoms with van der Waals surface area (Å²) in [6.07, 6.45) is 2.82. The number of ether oxygens (including phenoxy) is 2. The Kier molecular flexibility index (Phi) is 17.2. The van der Waals surface area contributed by atoms with E-state index in [0.717, 1.165) is 69.1 Å². The monoisotopic (exact) mass is 934 g/mol. The molecule has 6 aromatic rings. The summed E-state index contributed by atoms with van der Waals surface area (Å²) in [4.78, 5) is 37.4. The predicted molar refractivity (Wildman–Crippen MR) is 255 cm³/mol. The molecular weight excluding hydrogens is 873 g/mol. The minimum Gasteiger partial charge on any atom is -0.548 e. The first kappa shape index (κ1) is 51.4. The van der Waals surface area contributed by atoms with E-state index < -0.39 is 24.0 Å². The van der Waals surface area contributed by atoms with E-state index in [1.807, 2.05) is 121 Å². The van der Waals surface area contributed by atoms with Crippen molar-refractivity contribution in [2.24, 2.45) is 10.8 Å². The van der Waals surface area contributed by atoms with E-state index >= 15 is 0 Å². The van der Waals surface area contributed by atoms with Gasteiger partial charge < -0.3 is 38.1 Å². The maximum absolute atomic E-state index is 12.1. The molecule has 0 radical (unpaired) electrons. The van der Waals surface area contributed by atoms with Crippen LogP contribution in [0.15, 0.2) is 106 Å². The van der Waals surface area contributed by atoms with Gasteiger partial charge in [0.1, 0.15) is 23.0 Å². The molecule has 2 aliphatic heterocycles. The summed E-state index contributed by atoms with van der Waals surface area (Å²) in [5.41, 5.74) is 7.21. The van der Waals surface area contributed by atoms with Crippen LogP contribution in [0, 0.1) is 24.7 Å². The average Bonchev–Trinajstić information content (AvgIpc) is 3.83. The summed E-state index contributed by atoms with van der Waals surface area (Å²) >= 11 is 0. The molecule has 0 N–H and O–H groups in total. The van der Waals surface area contributed by atoms with Gasteiger partial charge in [-0.15, -0.1) is 0 Å². The zero-order chi connectivity index (χ0) is 47.2. The zero-order valence-corrected chi connectivity index (χ0v) is 42.4. The van der Waals surface area contributed by atoms with E-state index in [1.165, 1.54) is 0 Å². The van der Waals surface area contributed by atoms with Crippen LogP contribution in [0.1, 0.15) is 98.8 Å². The number of aryl methyl sites for hydroxylation is 2. The number of aromatic nitrogens is 2. The van der Waals surface area contributed by atoms with Gasteiger partial charge in [-0.1, -0.05) is 90.1 Å². The molecule has 0 saturated carbocycles. The molecule has 13 heteroatoms. The molecule has 2 aliphatic rings. The summed E-state index contributed by atoms with van der Waals surface area (Å²) < 4.78 is 23.6. The second-order valence-corrected chi connectivity index (χ2v) is 19.7. The molecular formula is C54H62CaN4O8. The van der Waals surface area contributed by atoms with E-state index in [2.05, 4.69) is 51.5 Å². The standard InChI is InChI=1S/2C27H32N2O4.Ca/c2*1-18-23(28-25(33-18)20-8-6-5-7-9-20)13-15-32-21-11-10-19-12-14-29(17-27(2,3)4)24(26(30)31)22(19)16-21;/h2*5-11,16,24H,12-15,17H2,1-4H3,(H,30,31);/q;;+2/p-2. The van der Waals surface area contributed by atoms with E-state index in [4.69, 9.17) is 18.3 Å². The second-order valence-electron chi connectivity index (χ2n) is 19.7. The maximum Gasteiger partial charge on any atom is 2.00 e. The number of hydrogen-bond donors (Lipinski definition) is 0. The van der Waals surface area contributed by atoms with Gasteiger partial charge in [-0.25, -0.2) is 9.97 Å². The number of carboxylic acid groups (broad SMARTS) is 2. The van der Waals surface area contributed by atoms with Gasteiger partial charge in [-0.05, 0) is 108 Å². The normalized spacial score (nSPS) is 16.2. The number of nitrogens with zero attached hydrogens (tertiary/aromatic N) is 4. The van der Waals surface area contributed by atoms with E-state index in [0.29, 0.717) is 75.5 Å². The molecule has 8 rings (SSSR count). The molecule has 12 nitrogen and oxygen atoms in total. The molecule has 2 atom stereocenters. The Hall–Kier alpha value is -4.98. The van der Waals surface area contributed by atoms with E-state index in [9.17, 15) is 19.8 Å². The van der Waals surface area contributed by atoms with Crippen molar-refractivity contribution < 1.29 is 38.1 Å². The summed E-state index contributed by atoms with van der Waals surface area (Å²) in [5.74, 6) is 1.94. The fourth-order valence-corrected chi connectivity index (χ4v) is 8.84. The SMILES string of the molecule is Cc1oc(-c2ccccc2)nc1CCOc1ccc2c(c1)C(C(=O)[O-])N(CC(C)(C)C)CC2.Cc1oc(-c2ccccc2)nc1CCOc1ccc2c(c1)C(C(=O)[O-])N(CC(C)(C)C)CC2.[Ca+2]. The van der Waals surface area contributed by atoms with Crippen LogP contribution in [-0.2, 0) is 35.3 Å². The van der Waals surface area contributed by atoms with Crippen molar-refractivity contribution in [3.05, 3.63) is 142 Å². The number of hydrogen-bond acceptors (Lipinski definition) is 12. The molecule has 348 valence electrons. The van der Waals surface area contributed by atoms with Gasteiger partial charge in [0.05, 0.1) is 48.6 Å². The molecule has 4 heterocycles. The second kappa shape index (κ2) is 22.4. The Labute approximate surface area is 424 Å². The molecule has 2 unspecified atom stereocenters. The van der Waals surface area contributed by atoms with Crippen LogP contribution in [0.3, 0.4) is 0 Å². The number of benzene rings is 4. The number of carboxylic acids is 2. The van der Waals surface area contributed by atoms with E-state index in [-0.39, 0.29) is 48.6 Å². The minimum atomic E-state index is -1.07. The van der Waals surface area contributed by atoms with Crippen LogP contribution < -0.4 is 19.7 Å². The van der Waals surface area contributed by atoms with Gasteiger partial charge in [0, 0.05) is 50.1 Å². The van der Waals surface area contributed by atoms with Gasteiger partial charge in [-0.3, -0.25) is 9.80 Å². The smallest absolute Gasteiger partial charge is 0.548 e. The van der Waals surface area contributed by atoms with Crippen molar-refractivity contribution in [3.8, 4) is 34.4 Å². The van der Waals surface area contributed by atoms with Crippen LogP contribution in [0.25, 0.3) is 22.9 Å². The van der Waals surface area contributed by atoms with Crippen molar-refractivity contribution in [2.75, 3.05) is 39.4 Å². The summed E-state index contributed by atoms with van der Waals surface area (Å²) in [6.45, 7) is 20.1. The van der Waals surface area contributed by atoms with Gasteiger partial charge in [-0.2, -0.15) is 0 Å². The summed E-state index contributed by atoms with van der Waals surface area (Å²) in [5, 5.41) is 24.1. The van der Waals surface area contributed by atoms with Crippen LogP contribution in [0.4, 0.5) is 0 Å². The number of rotatable bonds is 14. The average molecular weight is 935 g/mol. The first-order chi connectivity index (χ1) is 31.4. The fourth-order valence-electron chi connectivity index (χ4n) is 8.84. The van der Waals surface area contributed by atoms with E-state index in [1.54, 1.807) is 0 Å². The predicted octanol–water partition coefficient (Wildman–Crippen LogP) is 7.55. The third-order valence-electron chi connectivity index (χ3n) is 11.7. The first-order valence-electron chi connectivity index (χ1n) is 22.9. The Morgan fingerprint density at radius 1 is 0.612 bits per heavy atom. The zero-order valence-electron chi connectivity index (χ0n) is 40.2.